The molecule has 0 amide bonds. The maximum Gasteiger partial charge on any atom is 0.0698 e. The van der Waals surface area contributed by atoms with Gasteiger partial charge >= 0.3 is 0 Å². The lowest BCUT2D eigenvalue weighted by molar-refractivity contribution is 0.0361. The molecule has 0 spiro atoms. The summed E-state index contributed by atoms with van der Waals surface area (Å²) < 4.78 is 0. The monoisotopic (exact) mass is 217 g/mol. The summed E-state index contributed by atoms with van der Waals surface area (Å²) in [6.07, 6.45) is 2.12. The summed E-state index contributed by atoms with van der Waals surface area (Å²) in [7, 11) is 0. The third kappa shape index (κ3) is 1.57. The molecule has 2 fully saturated rings. The lowest BCUT2D eigenvalue weighted by Crippen LogP contribution is -2.42. The van der Waals surface area contributed by atoms with E-state index in [2.05, 4.69) is 42.2 Å². The van der Waals surface area contributed by atoms with Crippen molar-refractivity contribution in [2.75, 3.05) is 6.54 Å². The van der Waals surface area contributed by atoms with Crippen molar-refractivity contribution < 1.29 is 5.11 Å². The van der Waals surface area contributed by atoms with Crippen LogP contribution in [0.15, 0.2) is 30.3 Å². The van der Waals surface area contributed by atoms with Crippen molar-refractivity contribution >= 4 is 0 Å². The minimum Gasteiger partial charge on any atom is -0.391 e. The van der Waals surface area contributed by atoms with Gasteiger partial charge in [0.05, 0.1) is 6.10 Å². The van der Waals surface area contributed by atoms with Crippen LogP contribution in [0, 0.1) is 5.92 Å². The molecule has 2 heteroatoms. The van der Waals surface area contributed by atoms with Crippen LogP contribution in [-0.4, -0.2) is 28.7 Å². The standard InChI is InChI=1S/C14H19NO/c1-10(12-5-3-2-4-6-12)15-9-11-7-13(15)14(16)8-11/h2-6,10-11,13-14,16H,7-9H2,1H3/t10-,11-,13+,14+/m0/s1. The molecule has 1 N–H and O–H groups in total. The molecule has 0 radical (unpaired) electrons. The summed E-state index contributed by atoms with van der Waals surface area (Å²) >= 11 is 0. The highest BCUT2D eigenvalue weighted by molar-refractivity contribution is 5.19. The summed E-state index contributed by atoms with van der Waals surface area (Å²) in [5.41, 5.74) is 1.36. The molecule has 86 valence electrons. The number of benzene rings is 1. The van der Waals surface area contributed by atoms with Gasteiger partial charge in [-0.15, -0.1) is 0 Å². The van der Waals surface area contributed by atoms with E-state index in [-0.39, 0.29) is 6.10 Å². The molecular formula is C14H19NO. The second-order valence-electron chi connectivity index (χ2n) is 5.26. The van der Waals surface area contributed by atoms with E-state index >= 15 is 0 Å². The molecule has 1 aromatic rings. The van der Waals surface area contributed by atoms with Gasteiger partial charge in [0.2, 0.25) is 0 Å². The van der Waals surface area contributed by atoms with Gasteiger partial charge in [0, 0.05) is 18.6 Å². The number of aliphatic hydroxyl groups is 1. The zero-order chi connectivity index (χ0) is 11.1. The van der Waals surface area contributed by atoms with E-state index in [0.29, 0.717) is 12.1 Å². The van der Waals surface area contributed by atoms with Crippen LogP contribution in [0.4, 0.5) is 0 Å². The quantitative estimate of drug-likeness (QED) is 0.821. The molecule has 2 bridgehead atoms. The number of hydrogen-bond donors (Lipinski definition) is 1. The number of nitrogens with zero attached hydrogens (tertiary/aromatic N) is 1. The molecule has 1 aliphatic heterocycles. The Hall–Kier alpha value is -0.860. The third-order valence-electron chi connectivity index (χ3n) is 4.27. The molecule has 2 nitrogen and oxygen atoms in total. The van der Waals surface area contributed by atoms with Gasteiger partial charge in [0.1, 0.15) is 0 Å². The summed E-state index contributed by atoms with van der Waals surface area (Å²) in [6, 6.07) is 11.5. The Morgan fingerprint density at radius 2 is 2.00 bits per heavy atom. The van der Waals surface area contributed by atoms with Crippen molar-refractivity contribution in [1.29, 1.82) is 0 Å². The van der Waals surface area contributed by atoms with E-state index in [1.54, 1.807) is 0 Å². The van der Waals surface area contributed by atoms with Crippen molar-refractivity contribution in [3.8, 4) is 0 Å². The summed E-state index contributed by atoms with van der Waals surface area (Å²) in [4.78, 5) is 2.48. The number of fused-ring (bicyclic) bond motifs is 2. The average molecular weight is 217 g/mol. The second kappa shape index (κ2) is 3.86. The lowest BCUT2D eigenvalue weighted by atomic mass is 10.0. The highest BCUT2D eigenvalue weighted by Gasteiger charge is 2.45. The predicted molar refractivity (Wildman–Crippen MR) is 64.1 cm³/mol. The van der Waals surface area contributed by atoms with Crippen molar-refractivity contribution in [2.24, 2.45) is 5.92 Å². The zero-order valence-electron chi connectivity index (χ0n) is 9.71. The van der Waals surface area contributed by atoms with E-state index in [4.69, 9.17) is 0 Å². The zero-order valence-corrected chi connectivity index (χ0v) is 9.71. The molecule has 1 saturated carbocycles. The molecular weight excluding hydrogens is 198 g/mol. The van der Waals surface area contributed by atoms with Gasteiger partial charge in [-0.2, -0.15) is 0 Å². The van der Waals surface area contributed by atoms with Crippen LogP contribution in [0.25, 0.3) is 0 Å². The fourth-order valence-electron chi connectivity index (χ4n) is 3.40. The summed E-state index contributed by atoms with van der Waals surface area (Å²) in [5, 5.41) is 9.94. The number of rotatable bonds is 2. The molecule has 16 heavy (non-hydrogen) atoms. The molecule has 1 aromatic carbocycles. The highest BCUT2D eigenvalue weighted by atomic mass is 16.3. The molecule has 2 aliphatic rings. The average Bonchev–Trinajstić information content (AvgIpc) is 2.88. The Bertz CT molecular complexity index is 364. The first-order chi connectivity index (χ1) is 7.75. The van der Waals surface area contributed by atoms with Gasteiger partial charge in [-0.3, -0.25) is 4.90 Å². The normalized spacial score (nSPS) is 35.5. The molecule has 0 aromatic heterocycles. The number of likely N-dealkylation sites (tertiary alicyclic amines) is 1. The minimum absolute atomic E-state index is 0.0927. The minimum atomic E-state index is -0.0927. The van der Waals surface area contributed by atoms with E-state index in [0.717, 1.165) is 18.9 Å². The Morgan fingerprint density at radius 3 is 2.62 bits per heavy atom. The van der Waals surface area contributed by atoms with E-state index in [1.165, 1.54) is 12.0 Å². The largest absolute Gasteiger partial charge is 0.391 e. The van der Waals surface area contributed by atoms with Gasteiger partial charge in [0.25, 0.3) is 0 Å². The van der Waals surface area contributed by atoms with Crippen LogP contribution in [0.2, 0.25) is 0 Å². The third-order valence-corrected chi connectivity index (χ3v) is 4.27. The molecule has 0 unspecified atom stereocenters. The van der Waals surface area contributed by atoms with Crippen LogP contribution >= 0.6 is 0 Å². The molecule has 1 aliphatic carbocycles. The Kier molecular flexibility index (Phi) is 2.49. The van der Waals surface area contributed by atoms with Crippen LogP contribution in [0.5, 0.6) is 0 Å². The Balaban J connectivity index is 1.79. The van der Waals surface area contributed by atoms with Crippen molar-refractivity contribution in [2.45, 2.75) is 38.0 Å². The highest BCUT2D eigenvalue weighted by Crippen LogP contribution is 2.41. The van der Waals surface area contributed by atoms with Gasteiger partial charge < -0.3 is 5.11 Å². The maximum absolute atomic E-state index is 9.94. The van der Waals surface area contributed by atoms with E-state index in [1.807, 2.05) is 0 Å². The maximum atomic E-state index is 9.94. The van der Waals surface area contributed by atoms with Crippen LogP contribution in [0.1, 0.15) is 31.4 Å². The van der Waals surface area contributed by atoms with Crippen molar-refractivity contribution in [3.63, 3.8) is 0 Å². The fourth-order valence-corrected chi connectivity index (χ4v) is 3.40. The first-order valence-corrected chi connectivity index (χ1v) is 6.24. The smallest absolute Gasteiger partial charge is 0.0698 e. The topological polar surface area (TPSA) is 23.5 Å². The van der Waals surface area contributed by atoms with Crippen LogP contribution in [0.3, 0.4) is 0 Å². The number of piperidine rings is 1. The van der Waals surface area contributed by atoms with Crippen molar-refractivity contribution in [1.82, 2.24) is 4.90 Å². The van der Waals surface area contributed by atoms with Gasteiger partial charge in [0.15, 0.2) is 0 Å². The molecule has 4 atom stereocenters. The van der Waals surface area contributed by atoms with E-state index < -0.39 is 0 Å². The second-order valence-corrected chi connectivity index (χ2v) is 5.26. The number of aliphatic hydroxyl groups excluding tert-OH is 1. The molecule has 1 heterocycles. The summed E-state index contributed by atoms with van der Waals surface area (Å²) in [6.45, 7) is 3.42. The van der Waals surface area contributed by atoms with E-state index in [9.17, 15) is 5.11 Å². The number of hydrogen-bond acceptors (Lipinski definition) is 2. The molecule has 1 saturated heterocycles. The lowest BCUT2D eigenvalue weighted by Gasteiger charge is -2.35. The SMILES string of the molecule is C[C@@H](c1ccccc1)N1C[C@@H]2C[C@@H](O)[C@H]1C2. The Morgan fingerprint density at radius 1 is 1.25 bits per heavy atom. The fraction of sp³-hybridized carbons (Fsp3) is 0.571. The van der Waals surface area contributed by atoms with Crippen LogP contribution in [-0.2, 0) is 0 Å². The predicted octanol–water partition coefficient (Wildman–Crippen LogP) is 2.20. The van der Waals surface area contributed by atoms with Gasteiger partial charge in [-0.1, -0.05) is 30.3 Å². The molecule has 3 rings (SSSR count). The van der Waals surface area contributed by atoms with Gasteiger partial charge in [-0.05, 0) is 31.2 Å². The summed E-state index contributed by atoms with van der Waals surface area (Å²) in [5.74, 6) is 0.728. The first kappa shape index (κ1) is 10.3. The van der Waals surface area contributed by atoms with Crippen LogP contribution < -0.4 is 0 Å². The van der Waals surface area contributed by atoms with Gasteiger partial charge in [-0.25, -0.2) is 0 Å². The Labute approximate surface area is 96.9 Å². The first-order valence-electron chi connectivity index (χ1n) is 6.24. The van der Waals surface area contributed by atoms with Crippen molar-refractivity contribution in [3.05, 3.63) is 35.9 Å².